The van der Waals surface area contributed by atoms with Gasteiger partial charge in [-0.25, -0.2) is 0 Å². The van der Waals surface area contributed by atoms with Gasteiger partial charge in [-0.3, -0.25) is 4.98 Å². The lowest BCUT2D eigenvalue weighted by molar-refractivity contribution is 0.109. The lowest BCUT2D eigenvalue weighted by Gasteiger charge is -2.30. The van der Waals surface area contributed by atoms with Gasteiger partial charge in [0.1, 0.15) is 0 Å². The van der Waals surface area contributed by atoms with Gasteiger partial charge in [-0.2, -0.15) is 0 Å². The van der Waals surface area contributed by atoms with Crippen molar-refractivity contribution in [3.8, 4) is 0 Å². The molecule has 1 aliphatic carbocycles. The fourth-order valence-electron chi connectivity index (χ4n) is 2.29. The Morgan fingerprint density at radius 2 is 2.25 bits per heavy atom. The fourth-order valence-corrected chi connectivity index (χ4v) is 2.70. The Bertz CT molecular complexity index is 362. The van der Waals surface area contributed by atoms with Crippen LogP contribution in [-0.2, 0) is 6.42 Å². The normalized spacial score (nSPS) is 19.4. The number of aliphatic hydroxyl groups excluding tert-OH is 1. The maximum atomic E-state index is 9.61. The first-order valence-corrected chi connectivity index (χ1v) is 6.40. The Labute approximate surface area is 104 Å². The molecule has 0 amide bonds. The highest BCUT2D eigenvalue weighted by molar-refractivity contribution is 9.10. The largest absolute Gasteiger partial charge is 0.396 e. The Kier molecular flexibility index (Phi) is 3.62. The van der Waals surface area contributed by atoms with E-state index >= 15 is 0 Å². The van der Waals surface area contributed by atoms with E-state index in [1.54, 1.807) is 6.20 Å². The van der Waals surface area contributed by atoms with Gasteiger partial charge in [0, 0.05) is 28.8 Å². The maximum absolute atomic E-state index is 9.61. The van der Waals surface area contributed by atoms with Crippen molar-refractivity contribution in [2.45, 2.75) is 19.3 Å². The molecule has 1 heterocycles. The highest BCUT2D eigenvalue weighted by Crippen LogP contribution is 2.46. The molecule has 1 aromatic heterocycles. The summed E-state index contributed by atoms with van der Waals surface area (Å²) in [5.74, 6) is 0.585. The predicted octanol–water partition coefficient (Wildman–Crippen LogP) is 1.73. The van der Waals surface area contributed by atoms with Crippen LogP contribution in [0.4, 0.5) is 0 Å². The average Bonchev–Trinajstić information content (AvgIpc) is 3.10. The second-order valence-electron chi connectivity index (χ2n) is 4.69. The van der Waals surface area contributed by atoms with E-state index in [0.717, 1.165) is 16.5 Å². The third-order valence-electron chi connectivity index (χ3n) is 3.48. The van der Waals surface area contributed by atoms with Gasteiger partial charge < -0.3 is 10.8 Å². The van der Waals surface area contributed by atoms with Crippen LogP contribution in [0, 0.1) is 11.3 Å². The number of hydrogen-bond acceptors (Lipinski definition) is 3. The van der Waals surface area contributed by atoms with Gasteiger partial charge in [-0.1, -0.05) is 0 Å². The first-order chi connectivity index (χ1) is 7.70. The molecule has 3 nitrogen and oxygen atoms in total. The SMILES string of the molecule is NCC(CO)(Cc1cncc(Br)c1)C1CC1. The molecular formula is C12H17BrN2O. The van der Waals surface area contributed by atoms with Crippen LogP contribution in [0.15, 0.2) is 22.9 Å². The van der Waals surface area contributed by atoms with Crippen molar-refractivity contribution in [2.24, 2.45) is 17.1 Å². The van der Waals surface area contributed by atoms with E-state index in [1.807, 2.05) is 6.20 Å². The van der Waals surface area contributed by atoms with E-state index in [0.29, 0.717) is 12.5 Å². The number of nitrogens with zero attached hydrogens (tertiary/aromatic N) is 1. The number of nitrogens with two attached hydrogens (primary N) is 1. The summed E-state index contributed by atoms with van der Waals surface area (Å²) in [5, 5.41) is 9.61. The molecule has 3 N–H and O–H groups in total. The first-order valence-electron chi connectivity index (χ1n) is 5.60. The molecule has 2 rings (SSSR count). The summed E-state index contributed by atoms with van der Waals surface area (Å²) in [4.78, 5) is 4.15. The van der Waals surface area contributed by atoms with Crippen molar-refractivity contribution in [1.82, 2.24) is 4.98 Å². The van der Waals surface area contributed by atoms with E-state index in [4.69, 9.17) is 5.73 Å². The first kappa shape index (κ1) is 12.0. The number of hydrogen-bond donors (Lipinski definition) is 2. The molecule has 0 radical (unpaired) electrons. The lowest BCUT2D eigenvalue weighted by Crippen LogP contribution is -2.38. The Morgan fingerprint density at radius 3 is 2.75 bits per heavy atom. The van der Waals surface area contributed by atoms with Crippen LogP contribution < -0.4 is 5.73 Å². The molecule has 1 saturated carbocycles. The van der Waals surface area contributed by atoms with Gasteiger partial charge >= 0.3 is 0 Å². The predicted molar refractivity (Wildman–Crippen MR) is 66.9 cm³/mol. The smallest absolute Gasteiger partial charge is 0.0505 e. The second kappa shape index (κ2) is 4.82. The molecule has 1 aromatic rings. The number of aromatic nitrogens is 1. The third-order valence-corrected chi connectivity index (χ3v) is 3.92. The summed E-state index contributed by atoms with van der Waals surface area (Å²) >= 11 is 3.41. The quantitative estimate of drug-likeness (QED) is 0.866. The van der Waals surface area contributed by atoms with E-state index in [9.17, 15) is 5.11 Å². The molecule has 0 aromatic carbocycles. The molecule has 1 fully saturated rings. The van der Waals surface area contributed by atoms with E-state index in [2.05, 4.69) is 27.0 Å². The molecule has 0 aliphatic heterocycles. The molecule has 1 unspecified atom stereocenters. The van der Waals surface area contributed by atoms with Crippen LogP contribution in [0.25, 0.3) is 0 Å². The molecule has 0 spiro atoms. The standard InChI is InChI=1S/C12H17BrN2O/c13-11-3-9(5-15-6-11)4-12(7-14,8-16)10-1-2-10/h3,5-6,10,16H,1-2,4,7-8,14H2. The van der Waals surface area contributed by atoms with Gasteiger partial charge in [0.05, 0.1) is 6.61 Å². The number of pyridine rings is 1. The molecule has 1 aliphatic rings. The van der Waals surface area contributed by atoms with Crippen LogP contribution >= 0.6 is 15.9 Å². The zero-order chi connectivity index (χ0) is 11.6. The van der Waals surface area contributed by atoms with Crippen molar-refractivity contribution in [3.63, 3.8) is 0 Å². The zero-order valence-electron chi connectivity index (χ0n) is 9.19. The number of aliphatic hydroxyl groups is 1. The molecule has 0 saturated heterocycles. The van der Waals surface area contributed by atoms with Gasteiger partial charge in [-0.05, 0) is 52.7 Å². The molecule has 0 bridgehead atoms. The Morgan fingerprint density at radius 1 is 1.50 bits per heavy atom. The monoisotopic (exact) mass is 284 g/mol. The molecule has 4 heteroatoms. The van der Waals surface area contributed by atoms with Crippen molar-refractivity contribution in [1.29, 1.82) is 0 Å². The minimum absolute atomic E-state index is 0.136. The van der Waals surface area contributed by atoms with E-state index < -0.39 is 0 Å². The van der Waals surface area contributed by atoms with Crippen LogP contribution in [0.1, 0.15) is 18.4 Å². The summed E-state index contributed by atoms with van der Waals surface area (Å²) in [6, 6.07) is 2.05. The van der Waals surface area contributed by atoms with E-state index in [1.165, 1.54) is 12.8 Å². The van der Waals surface area contributed by atoms with Crippen molar-refractivity contribution in [2.75, 3.05) is 13.2 Å². The van der Waals surface area contributed by atoms with Gasteiger partial charge in [0.25, 0.3) is 0 Å². The summed E-state index contributed by atoms with van der Waals surface area (Å²) in [6.07, 6.45) is 6.83. The highest BCUT2D eigenvalue weighted by Gasteiger charge is 2.43. The van der Waals surface area contributed by atoms with E-state index in [-0.39, 0.29) is 12.0 Å². The molecule has 16 heavy (non-hydrogen) atoms. The summed E-state index contributed by atoms with van der Waals surface area (Å²) < 4.78 is 0.977. The van der Waals surface area contributed by atoms with Crippen LogP contribution in [0.3, 0.4) is 0 Å². The minimum atomic E-state index is -0.136. The summed E-state index contributed by atoms with van der Waals surface area (Å²) in [5.41, 5.74) is 6.86. The average molecular weight is 285 g/mol. The Hall–Kier alpha value is -0.450. The van der Waals surface area contributed by atoms with Crippen LogP contribution in [-0.4, -0.2) is 23.2 Å². The maximum Gasteiger partial charge on any atom is 0.0505 e. The van der Waals surface area contributed by atoms with Crippen molar-refractivity contribution >= 4 is 15.9 Å². The summed E-state index contributed by atoms with van der Waals surface area (Å²) in [6.45, 7) is 0.710. The van der Waals surface area contributed by atoms with Crippen LogP contribution in [0.2, 0.25) is 0 Å². The van der Waals surface area contributed by atoms with Gasteiger partial charge in [0.2, 0.25) is 0 Å². The number of rotatable bonds is 5. The fraction of sp³-hybridized carbons (Fsp3) is 0.583. The molecule has 1 atom stereocenters. The molecular weight excluding hydrogens is 268 g/mol. The molecule has 88 valence electrons. The second-order valence-corrected chi connectivity index (χ2v) is 5.60. The van der Waals surface area contributed by atoms with Crippen LogP contribution in [0.5, 0.6) is 0 Å². The Balaban J connectivity index is 2.16. The minimum Gasteiger partial charge on any atom is -0.396 e. The van der Waals surface area contributed by atoms with Crippen molar-refractivity contribution in [3.05, 3.63) is 28.5 Å². The highest BCUT2D eigenvalue weighted by atomic mass is 79.9. The van der Waals surface area contributed by atoms with Gasteiger partial charge in [-0.15, -0.1) is 0 Å². The van der Waals surface area contributed by atoms with Crippen molar-refractivity contribution < 1.29 is 5.11 Å². The summed E-state index contributed by atoms with van der Waals surface area (Å²) in [7, 11) is 0. The van der Waals surface area contributed by atoms with Gasteiger partial charge in [0.15, 0.2) is 0 Å². The number of halogens is 1. The lowest BCUT2D eigenvalue weighted by atomic mass is 9.78. The topological polar surface area (TPSA) is 59.1 Å². The zero-order valence-corrected chi connectivity index (χ0v) is 10.8. The third kappa shape index (κ3) is 2.44.